The van der Waals surface area contributed by atoms with Crippen molar-refractivity contribution in [2.45, 2.75) is 18.4 Å². The summed E-state index contributed by atoms with van der Waals surface area (Å²) >= 11 is 0. The fraction of sp³-hybridized carbons (Fsp3) is 0.143. The predicted molar refractivity (Wildman–Crippen MR) is 110 cm³/mol. The molecule has 0 aliphatic carbocycles. The van der Waals surface area contributed by atoms with Gasteiger partial charge in [-0.2, -0.15) is 0 Å². The van der Waals surface area contributed by atoms with E-state index in [1.54, 1.807) is 30.5 Å². The average molecular weight is 411 g/mol. The zero-order valence-corrected chi connectivity index (χ0v) is 16.9. The Morgan fingerprint density at radius 2 is 1.83 bits per heavy atom. The summed E-state index contributed by atoms with van der Waals surface area (Å²) in [6.07, 6.45) is 1.64. The SMILES string of the molecule is COc1cc(NS(=O)(=O)c2ccc(C)cc2)cc(C(=O)NCc2ccccn2)c1. The van der Waals surface area contributed by atoms with Gasteiger partial charge in [0.1, 0.15) is 5.75 Å². The number of methoxy groups -OCH3 is 1. The molecule has 0 spiro atoms. The van der Waals surface area contributed by atoms with Gasteiger partial charge in [0, 0.05) is 17.8 Å². The summed E-state index contributed by atoms with van der Waals surface area (Å²) in [5.74, 6) is -0.0116. The Morgan fingerprint density at radius 3 is 2.48 bits per heavy atom. The van der Waals surface area contributed by atoms with E-state index in [4.69, 9.17) is 4.74 Å². The van der Waals surface area contributed by atoms with Gasteiger partial charge in [-0.3, -0.25) is 14.5 Å². The summed E-state index contributed by atoms with van der Waals surface area (Å²) in [5, 5.41) is 2.76. The second-order valence-corrected chi connectivity index (χ2v) is 8.05. The second kappa shape index (κ2) is 8.74. The van der Waals surface area contributed by atoms with E-state index in [0.717, 1.165) is 5.56 Å². The van der Waals surface area contributed by atoms with Gasteiger partial charge >= 0.3 is 0 Å². The molecule has 0 unspecified atom stereocenters. The van der Waals surface area contributed by atoms with Crippen molar-refractivity contribution in [3.05, 3.63) is 83.7 Å². The van der Waals surface area contributed by atoms with Crippen molar-refractivity contribution >= 4 is 21.6 Å². The van der Waals surface area contributed by atoms with Crippen LogP contribution in [-0.2, 0) is 16.6 Å². The molecular formula is C21H21N3O4S. The van der Waals surface area contributed by atoms with Gasteiger partial charge in [-0.05, 0) is 43.3 Å². The van der Waals surface area contributed by atoms with Crippen LogP contribution in [-0.4, -0.2) is 26.4 Å². The van der Waals surface area contributed by atoms with Crippen molar-refractivity contribution in [2.24, 2.45) is 0 Å². The minimum atomic E-state index is -3.80. The van der Waals surface area contributed by atoms with Crippen molar-refractivity contribution < 1.29 is 17.9 Å². The first-order valence-corrected chi connectivity index (χ1v) is 10.3. The lowest BCUT2D eigenvalue weighted by Gasteiger charge is -2.12. The zero-order valence-electron chi connectivity index (χ0n) is 16.0. The highest BCUT2D eigenvalue weighted by Crippen LogP contribution is 2.24. The monoisotopic (exact) mass is 411 g/mol. The second-order valence-electron chi connectivity index (χ2n) is 6.37. The molecule has 1 heterocycles. The standard InChI is InChI=1S/C21H21N3O4S/c1-15-6-8-20(9-7-15)29(26,27)24-18-11-16(12-19(13-18)28-2)21(25)23-14-17-5-3-4-10-22-17/h3-13,24H,14H2,1-2H3,(H,23,25). The first kappa shape index (κ1) is 20.3. The molecule has 2 N–H and O–H groups in total. The fourth-order valence-corrected chi connectivity index (χ4v) is 3.65. The molecule has 0 saturated carbocycles. The molecule has 0 fully saturated rings. The van der Waals surface area contributed by atoms with Crippen molar-refractivity contribution in [3.8, 4) is 5.75 Å². The highest BCUT2D eigenvalue weighted by atomic mass is 32.2. The van der Waals surface area contributed by atoms with Crippen LogP contribution < -0.4 is 14.8 Å². The smallest absolute Gasteiger partial charge is 0.261 e. The van der Waals surface area contributed by atoms with Gasteiger partial charge in [0.25, 0.3) is 15.9 Å². The maximum absolute atomic E-state index is 12.6. The lowest BCUT2D eigenvalue weighted by atomic mass is 10.1. The number of pyridine rings is 1. The lowest BCUT2D eigenvalue weighted by molar-refractivity contribution is 0.0950. The Hall–Kier alpha value is -3.39. The number of carbonyl (C=O) groups excluding carboxylic acids is 1. The van der Waals surface area contributed by atoms with E-state index in [1.807, 2.05) is 13.0 Å². The third-order valence-corrected chi connectivity index (χ3v) is 5.54. The number of anilines is 1. The van der Waals surface area contributed by atoms with Gasteiger partial charge in [-0.1, -0.05) is 23.8 Å². The minimum absolute atomic E-state index is 0.132. The van der Waals surface area contributed by atoms with E-state index in [0.29, 0.717) is 11.4 Å². The Bertz CT molecular complexity index is 1100. The fourth-order valence-electron chi connectivity index (χ4n) is 2.61. The van der Waals surface area contributed by atoms with Crippen molar-refractivity contribution in [2.75, 3.05) is 11.8 Å². The Kier molecular flexibility index (Phi) is 6.13. The van der Waals surface area contributed by atoms with Crippen molar-refractivity contribution in [1.29, 1.82) is 0 Å². The molecule has 2 aromatic carbocycles. The molecule has 1 amide bonds. The number of ether oxygens (including phenoxy) is 1. The van der Waals surface area contributed by atoms with Gasteiger partial charge in [0.2, 0.25) is 0 Å². The highest BCUT2D eigenvalue weighted by Gasteiger charge is 2.16. The molecule has 0 aliphatic rings. The van der Waals surface area contributed by atoms with Gasteiger partial charge in [0.15, 0.2) is 0 Å². The molecule has 0 bridgehead atoms. The summed E-state index contributed by atoms with van der Waals surface area (Å²) in [7, 11) is -2.35. The first-order chi connectivity index (χ1) is 13.9. The van der Waals surface area contributed by atoms with Crippen LogP contribution in [0, 0.1) is 6.92 Å². The molecule has 3 aromatic rings. The molecule has 7 nitrogen and oxygen atoms in total. The number of rotatable bonds is 7. The van der Waals surface area contributed by atoms with Crippen LogP contribution in [0.5, 0.6) is 5.75 Å². The maximum Gasteiger partial charge on any atom is 0.261 e. The maximum atomic E-state index is 12.6. The van der Waals surface area contributed by atoms with Gasteiger partial charge in [-0.15, -0.1) is 0 Å². The number of amides is 1. The number of sulfonamides is 1. The number of nitrogens with zero attached hydrogens (tertiary/aromatic N) is 1. The number of benzene rings is 2. The molecular weight excluding hydrogens is 390 g/mol. The van der Waals surface area contributed by atoms with Crippen LogP contribution in [0.15, 0.2) is 71.8 Å². The van der Waals surface area contributed by atoms with E-state index in [2.05, 4.69) is 15.0 Å². The normalized spacial score (nSPS) is 11.0. The van der Waals surface area contributed by atoms with E-state index < -0.39 is 10.0 Å². The van der Waals surface area contributed by atoms with Crippen LogP contribution in [0.2, 0.25) is 0 Å². The molecule has 0 atom stereocenters. The van der Waals surface area contributed by atoms with Crippen LogP contribution in [0.3, 0.4) is 0 Å². The highest BCUT2D eigenvalue weighted by molar-refractivity contribution is 7.92. The Morgan fingerprint density at radius 1 is 1.07 bits per heavy atom. The van der Waals surface area contributed by atoms with E-state index in [1.165, 1.54) is 37.4 Å². The Balaban J connectivity index is 1.81. The van der Waals surface area contributed by atoms with Gasteiger partial charge < -0.3 is 10.1 Å². The van der Waals surface area contributed by atoms with Crippen LogP contribution in [0.4, 0.5) is 5.69 Å². The summed E-state index contributed by atoms with van der Waals surface area (Å²) in [6.45, 7) is 2.13. The number of hydrogen-bond acceptors (Lipinski definition) is 5. The topological polar surface area (TPSA) is 97.4 Å². The van der Waals surface area contributed by atoms with Crippen LogP contribution in [0.1, 0.15) is 21.6 Å². The molecule has 0 saturated heterocycles. The van der Waals surface area contributed by atoms with Crippen molar-refractivity contribution in [3.63, 3.8) is 0 Å². The molecule has 150 valence electrons. The van der Waals surface area contributed by atoms with Crippen LogP contribution >= 0.6 is 0 Å². The summed E-state index contributed by atoms with van der Waals surface area (Å²) in [4.78, 5) is 16.8. The third kappa shape index (κ3) is 5.32. The van der Waals surface area contributed by atoms with Gasteiger partial charge in [-0.25, -0.2) is 8.42 Å². The minimum Gasteiger partial charge on any atom is -0.497 e. The summed E-state index contributed by atoms with van der Waals surface area (Å²) < 4.78 is 33.0. The molecule has 8 heteroatoms. The van der Waals surface area contributed by atoms with Gasteiger partial charge in [0.05, 0.1) is 29.9 Å². The third-order valence-electron chi connectivity index (χ3n) is 4.14. The quantitative estimate of drug-likeness (QED) is 0.623. The molecule has 3 rings (SSSR count). The largest absolute Gasteiger partial charge is 0.497 e. The summed E-state index contributed by atoms with van der Waals surface area (Å²) in [6, 6.07) is 16.4. The predicted octanol–water partition coefficient (Wildman–Crippen LogP) is 3.13. The molecule has 29 heavy (non-hydrogen) atoms. The zero-order chi connectivity index (χ0) is 20.9. The van der Waals surface area contributed by atoms with Crippen LogP contribution in [0.25, 0.3) is 0 Å². The number of aromatic nitrogens is 1. The number of nitrogens with one attached hydrogen (secondary N) is 2. The van der Waals surface area contributed by atoms with E-state index in [-0.39, 0.29) is 28.6 Å². The Labute approximate surface area is 169 Å². The molecule has 0 radical (unpaired) electrons. The number of aryl methyl sites for hydroxylation is 1. The van der Waals surface area contributed by atoms with E-state index in [9.17, 15) is 13.2 Å². The molecule has 0 aliphatic heterocycles. The van der Waals surface area contributed by atoms with Crippen molar-refractivity contribution in [1.82, 2.24) is 10.3 Å². The average Bonchev–Trinajstić information content (AvgIpc) is 2.72. The molecule has 1 aromatic heterocycles. The summed E-state index contributed by atoms with van der Waals surface area (Å²) in [5.41, 5.74) is 2.16. The number of carbonyl (C=O) groups is 1. The number of hydrogen-bond donors (Lipinski definition) is 2. The lowest BCUT2D eigenvalue weighted by Crippen LogP contribution is -2.23. The van der Waals surface area contributed by atoms with E-state index >= 15 is 0 Å². The first-order valence-electron chi connectivity index (χ1n) is 8.84.